The molecule has 6 heteroatoms. The number of nitrogen functional groups attached to an aromatic ring is 1. The monoisotopic (exact) mass is 498 g/mol. The first-order valence-electron chi connectivity index (χ1n) is 14.6. The maximum absolute atomic E-state index is 13.5. The molecule has 0 aliphatic heterocycles. The maximum atomic E-state index is 13.5. The van der Waals surface area contributed by atoms with Crippen molar-refractivity contribution in [2.75, 3.05) is 31.0 Å². The molecule has 0 aromatic carbocycles. The van der Waals surface area contributed by atoms with Gasteiger partial charge in [0.15, 0.2) is 5.78 Å². The minimum absolute atomic E-state index is 0.113. The summed E-state index contributed by atoms with van der Waals surface area (Å²) < 4.78 is 5.48. The van der Waals surface area contributed by atoms with E-state index < -0.39 is 0 Å². The third kappa shape index (κ3) is 5.31. The number of hydrazine groups is 1. The maximum Gasteiger partial charge on any atom is 0.157 e. The molecule has 0 spiro atoms. The number of aromatic nitrogens is 1. The second kappa shape index (κ2) is 11.8. The summed E-state index contributed by atoms with van der Waals surface area (Å²) in [7, 11) is 1.85. The number of carbonyl (C=O) groups is 1. The fourth-order valence-corrected chi connectivity index (χ4v) is 8.87. The average molecular weight is 499 g/mol. The van der Waals surface area contributed by atoms with Gasteiger partial charge in [-0.25, -0.2) is 5.84 Å². The van der Waals surface area contributed by atoms with Crippen molar-refractivity contribution in [2.45, 2.75) is 85.0 Å². The third-order valence-corrected chi connectivity index (χ3v) is 10.3. The van der Waals surface area contributed by atoms with E-state index in [1.54, 1.807) is 18.5 Å². The van der Waals surface area contributed by atoms with Gasteiger partial charge in [-0.15, -0.1) is 0 Å². The zero-order chi connectivity index (χ0) is 25.9. The van der Waals surface area contributed by atoms with Crippen molar-refractivity contribution in [3.05, 3.63) is 18.5 Å². The third-order valence-electron chi connectivity index (χ3n) is 10.3. The molecule has 4 fully saturated rings. The smallest absolute Gasteiger partial charge is 0.157 e. The second-order valence-electron chi connectivity index (χ2n) is 12.5. The van der Waals surface area contributed by atoms with Crippen molar-refractivity contribution in [1.82, 2.24) is 4.98 Å². The lowest BCUT2D eigenvalue weighted by molar-refractivity contribution is -0.129. The van der Waals surface area contributed by atoms with Gasteiger partial charge in [0.2, 0.25) is 0 Å². The molecule has 4 N–H and O–H groups in total. The van der Waals surface area contributed by atoms with Gasteiger partial charge < -0.3 is 15.5 Å². The molecule has 0 bridgehead atoms. The Bertz CT molecular complexity index is 878. The van der Waals surface area contributed by atoms with Crippen LogP contribution < -0.4 is 16.6 Å². The van der Waals surface area contributed by atoms with Crippen LogP contribution in [0.2, 0.25) is 0 Å². The Kier molecular flexibility index (Phi) is 8.98. The van der Waals surface area contributed by atoms with E-state index in [-0.39, 0.29) is 23.7 Å². The largest absolute Gasteiger partial charge is 0.397 e. The average Bonchev–Trinajstić information content (AvgIpc) is 3.22. The summed E-state index contributed by atoms with van der Waals surface area (Å²) in [5.41, 5.74) is 7.38. The van der Waals surface area contributed by atoms with Gasteiger partial charge in [-0.1, -0.05) is 27.2 Å². The molecule has 6 nitrogen and oxygen atoms in total. The summed E-state index contributed by atoms with van der Waals surface area (Å²) in [4.78, 5) is 17.6. The number of carbonyl (C=O) groups excluding carboxylic acids is 1. The van der Waals surface area contributed by atoms with Gasteiger partial charge in [0, 0.05) is 25.8 Å². The van der Waals surface area contributed by atoms with Gasteiger partial charge in [0.05, 0.1) is 24.1 Å². The molecule has 202 valence electrons. The fourth-order valence-electron chi connectivity index (χ4n) is 8.87. The van der Waals surface area contributed by atoms with E-state index in [9.17, 15) is 4.79 Å². The Morgan fingerprint density at radius 3 is 2.58 bits per heavy atom. The van der Waals surface area contributed by atoms with Crippen LogP contribution in [0.4, 0.5) is 11.4 Å². The van der Waals surface area contributed by atoms with Gasteiger partial charge in [0.1, 0.15) is 0 Å². The zero-order valence-electron chi connectivity index (χ0n) is 23.1. The van der Waals surface area contributed by atoms with Crippen LogP contribution in [0.1, 0.15) is 85.0 Å². The van der Waals surface area contributed by atoms with E-state index in [1.165, 1.54) is 62.8 Å². The van der Waals surface area contributed by atoms with Crippen molar-refractivity contribution >= 4 is 17.2 Å². The Morgan fingerprint density at radius 1 is 1.11 bits per heavy atom. The minimum atomic E-state index is 0.113. The van der Waals surface area contributed by atoms with Crippen LogP contribution >= 0.6 is 0 Å². The normalized spacial score (nSPS) is 37.1. The fraction of sp³-hybridized carbons (Fsp3) is 0.800. The molecule has 0 radical (unpaired) electrons. The van der Waals surface area contributed by atoms with E-state index >= 15 is 0 Å². The molecular weight excluding hydrogens is 448 g/mol. The molecule has 36 heavy (non-hydrogen) atoms. The Hall–Kier alpha value is -1.66. The molecule has 5 rings (SSSR count). The highest BCUT2D eigenvalue weighted by Crippen LogP contribution is 2.64. The minimum Gasteiger partial charge on any atom is -0.397 e. The Balaban J connectivity index is 0.000000967. The molecule has 8 atom stereocenters. The number of Topliss-reactive ketones (excluding diaryl/α,β-unsaturated/α-hetero) is 1. The zero-order valence-corrected chi connectivity index (χ0v) is 23.1. The first-order valence-corrected chi connectivity index (χ1v) is 14.6. The summed E-state index contributed by atoms with van der Waals surface area (Å²) >= 11 is 0. The highest BCUT2D eigenvalue weighted by molar-refractivity contribution is 5.87. The molecule has 8 unspecified atom stereocenters. The van der Waals surface area contributed by atoms with Crippen molar-refractivity contribution in [2.24, 2.45) is 52.7 Å². The molecule has 1 aromatic heterocycles. The van der Waals surface area contributed by atoms with Crippen molar-refractivity contribution in [3.63, 3.8) is 0 Å². The Morgan fingerprint density at radius 2 is 1.86 bits per heavy atom. The summed E-state index contributed by atoms with van der Waals surface area (Å²) in [6.45, 7) is 7.82. The number of fused-ring (bicyclic) bond motifs is 5. The van der Waals surface area contributed by atoms with E-state index in [1.807, 2.05) is 7.11 Å². The van der Waals surface area contributed by atoms with Crippen LogP contribution in [-0.2, 0) is 9.53 Å². The summed E-state index contributed by atoms with van der Waals surface area (Å²) in [5.74, 6) is 11.6. The molecule has 0 saturated heterocycles. The van der Waals surface area contributed by atoms with Crippen LogP contribution in [0.5, 0.6) is 0 Å². The van der Waals surface area contributed by atoms with Crippen LogP contribution in [-0.4, -0.2) is 31.0 Å². The SMILES string of the molecule is CCC.COCC1CCC2C(CCC3C2CCC2(C)C(C(=O)CN(N)c4cnccc4N)CCC32)C1. The highest BCUT2D eigenvalue weighted by atomic mass is 16.5. The van der Waals surface area contributed by atoms with Gasteiger partial charge in [-0.05, 0) is 105 Å². The Labute approximate surface area is 218 Å². The number of hydrogen-bond donors (Lipinski definition) is 2. The van der Waals surface area contributed by atoms with E-state index in [0.717, 1.165) is 42.6 Å². The second-order valence-corrected chi connectivity index (χ2v) is 12.5. The summed E-state index contributed by atoms with van der Waals surface area (Å²) in [5, 5.41) is 1.50. The van der Waals surface area contributed by atoms with Gasteiger partial charge in [-0.3, -0.25) is 9.78 Å². The standard InChI is InChI=1S/C27H42N4O2.C3H8/c1-27-11-9-20-19-5-3-17(16-33-2)13-18(19)4-6-21(20)22(27)7-8-23(27)26(32)15-31(29)25-14-30-12-10-24(25)28;1-3-2/h10,12,14,17-23H,3-9,11,13,15-16,29H2,1-2H3,(H2,28,30);3H2,1-2H3. The number of nitrogens with zero attached hydrogens (tertiary/aromatic N) is 2. The van der Waals surface area contributed by atoms with Crippen molar-refractivity contribution in [1.29, 1.82) is 0 Å². The number of pyridine rings is 1. The molecular formula is C30H50N4O2. The van der Waals surface area contributed by atoms with Gasteiger partial charge in [0.25, 0.3) is 0 Å². The van der Waals surface area contributed by atoms with E-state index in [4.69, 9.17) is 16.3 Å². The molecule has 4 aliphatic carbocycles. The number of ketones is 1. The van der Waals surface area contributed by atoms with Crippen LogP contribution in [0.25, 0.3) is 0 Å². The molecule has 4 saturated carbocycles. The van der Waals surface area contributed by atoms with Gasteiger partial charge >= 0.3 is 0 Å². The predicted molar refractivity (Wildman–Crippen MR) is 147 cm³/mol. The number of anilines is 2. The lowest BCUT2D eigenvalue weighted by Crippen LogP contribution is -2.50. The van der Waals surface area contributed by atoms with E-state index in [2.05, 4.69) is 25.8 Å². The topological polar surface area (TPSA) is 94.5 Å². The van der Waals surface area contributed by atoms with E-state index in [0.29, 0.717) is 17.3 Å². The first-order chi connectivity index (χ1) is 17.3. The highest BCUT2D eigenvalue weighted by Gasteiger charge is 2.58. The van der Waals surface area contributed by atoms with Gasteiger partial charge in [-0.2, -0.15) is 0 Å². The number of methoxy groups -OCH3 is 1. The number of ether oxygens (including phenoxy) is 1. The number of nitrogens with two attached hydrogens (primary N) is 2. The summed E-state index contributed by atoms with van der Waals surface area (Å²) in [6, 6.07) is 1.73. The van der Waals surface area contributed by atoms with Crippen LogP contribution in [0.3, 0.4) is 0 Å². The van der Waals surface area contributed by atoms with Crippen LogP contribution in [0.15, 0.2) is 18.5 Å². The lowest BCUT2D eigenvalue weighted by Gasteiger charge is -2.56. The molecule has 0 amide bonds. The number of hydrogen-bond acceptors (Lipinski definition) is 6. The predicted octanol–water partition coefficient (Wildman–Crippen LogP) is 5.86. The molecule has 1 heterocycles. The summed E-state index contributed by atoms with van der Waals surface area (Å²) in [6.07, 6.45) is 16.1. The first kappa shape index (κ1) is 27.4. The molecule has 1 aromatic rings. The van der Waals surface area contributed by atoms with Crippen LogP contribution in [0, 0.1) is 46.8 Å². The number of rotatable bonds is 6. The lowest BCUT2D eigenvalue weighted by atomic mass is 9.49. The van der Waals surface area contributed by atoms with Crippen molar-refractivity contribution in [3.8, 4) is 0 Å². The molecule has 4 aliphatic rings. The quantitative estimate of drug-likeness (QED) is 0.377. The van der Waals surface area contributed by atoms with Crippen molar-refractivity contribution < 1.29 is 9.53 Å².